The van der Waals surface area contributed by atoms with Gasteiger partial charge in [0.2, 0.25) is 0 Å². The zero-order chi connectivity index (χ0) is 19.9. The van der Waals surface area contributed by atoms with Gasteiger partial charge in [0, 0.05) is 16.8 Å². The summed E-state index contributed by atoms with van der Waals surface area (Å²) in [5, 5.41) is 9.64. The quantitative estimate of drug-likeness (QED) is 0.545. The van der Waals surface area contributed by atoms with Crippen LogP contribution in [0.3, 0.4) is 0 Å². The van der Waals surface area contributed by atoms with Gasteiger partial charge in [0.15, 0.2) is 11.5 Å². The Hall–Kier alpha value is -3.31. The summed E-state index contributed by atoms with van der Waals surface area (Å²) in [6, 6.07) is 19.3. The topological polar surface area (TPSA) is 68.1 Å². The average molecular weight is 396 g/mol. The van der Waals surface area contributed by atoms with E-state index >= 15 is 0 Å². The van der Waals surface area contributed by atoms with Crippen molar-refractivity contribution in [2.45, 2.75) is 6.61 Å². The highest BCUT2D eigenvalue weighted by Gasteiger charge is 2.10. The molecule has 0 aliphatic heterocycles. The normalized spacial score (nSPS) is 10.8. The molecule has 6 heteroatoms. The van der Waals surface area contributed by atoms with Crippen LogP contribution in [0.5, 0.6) is 11.5 Å². The number of carboxylic acids is 1. The fourth-order valence-corrected chi connectivity index (χ4v) is 2.65. The number of nitrogens with zero attached hydrogens (tertiary/aromatic N) is 1. The van der Waals surface area contributed by atoms with Crippen molar-refractivity contribution in [2.24, 2.45) is 4.99 Å². The highest BCUT2D eigenvalue weighted by Crippen LogP contribution is 2.31. The van der Waals surface area contributed by atoms with Crippen molar-refractivity contribution in [1.82, 2.24) is 0 Å². The molecule has 0 radical (unpaired) electrons. The molecular weight excluding hydrogens is 378 g/mol. The maximum atomic E-state index is 11.0. The lowest BCUT2D eigenvalue weighted by Crippen LogP contribution is -2.02. The molecule has 0 aliphatic rings. The molecule has 28 heavy (non-hydrogen) atoms. The smallest absolute Gasteiger partial charge is 0.335 e. The van der Waals surface area contributed by atoms with Crippen LogP contribution in [0.4, 0.5) is 5.69 Å². The Labute approximate surface area is 167 Å². The van der Waals surface area contributed by atoms with E-state index in [0.717, 1.165) is 16.8 Å². The van der Waals surface area contributed by atoms with Gasteiger partial charge >= 0.3 is 5.97 Å². The van der Waals surface area contributed by atoms with Gasteiger partial charge in [-0.3, -0.25) is 4.99 Å². The molecule has 0 atom stereocenters. The first-order valence-corrected chi connectivity index (χ1v) is 8.86. The molecule has 0 fully saturated rings. The number of aliphatic imine (C=N–C) groups is 1. The summed E-state index contributed by atoms with van der Waals surface area (Å²) in [6.07, 6.45) is 1.70. The Morgan fingerprint density at radius 3 is 2.43 bits per heavy atom. The van der Waals surface area contributed by atoms with E-state index in [-0.39, 0.29) is 12.2 Å². The number of carbonyl (C=O) groups is 1. The van der Waals surface area contributed by atoms with Gasteiger partial charge in [-0.1, -0.05) is 29.8 Å². The Kier molecular flexibility index (Phi) is 6.29. The predicted octanol–water partition coefficient (Wildman–Crippen LogP) is 5.38. The lowest BCUT2D eigenvalue weighted by molar-refractivity contribution is 0.0697. The van der Waals surface area contributed by atoms with Crippen molar-refractivity contribution >= 4 is 29.5 Å². The summed E-state index contributed by atoms with van der Waals surface area (Å²) in [5.41, 5.74) is 2.60. The zero-order valence-corrected chi connectivity index (χ0v) is 15.9. The molecule has 5 nitrogen and oxygen atoms in total. The number of carboxylic acid groups (broad SMARTS) is 1. The molecule has 1 N–H and O–H groups in total. The number of hydrogen-bond donors (Lipinski definition) is 1. The molecule has 0 spiro atoms. The standard InChI is InChI=1S/C22H18ClNO4/c1-27-20-4-2-3-17(13-24-19-11-9-18(23)10-12-19)21(20)28-14-15-5-7-16(8-6-15)22(25)26/h2-13H,14H2,1H3,(H,25,26). The number of ether oxygens (including phenoxy) is 2. The van der Waals surface area contributed by atoms with Gasteiger partial charge in [-0.15, -0.1) is 0 Å². The Balaban J connectivity index is 1.80. The summed E-state index contributed by atoms with van der Waals surface area (Å²) in [6.45, 7) is 0.266. The van der Waals surface area contributed by atoms with E-state index in [1.54, 1.807) is 49.7 Å². The van der Waals surface area contributed by atoms with Crippen LogP contribution in [0, 0.1) is 0 Å². The highest BCUT2D eigenvalue weighted by atomic mass is 35.5. The van der Waals surface area contributed by atoms with E-state index in [9.17, 15) is 4.79 Å². The zero-order valence-electron chi connectivity index (χ0n) is 15.1. The van der Waals surface area contributed by atoms with Crippen molar-refractivity contribution in [3.8, 4) is 11.5 Å². The first kappa shape index (κ1) is 19.5. The number of rotatable bonds is 7. The van der Waals surface area contributed by atoms with Crippen LogP contribution in [-0.2, 0) is 6.61 Å². The number of methoxy groups -OCH3 is 1. The van der Waals surface area contributed by atoms with Gasteiger partial charge < -0.3 is 14.6 Å². The van der Waals surface area contributed by atoms with E-state index in [1.165, 1.54) is 0 Å². The third kappa shape index (κ3) is 4.90. The molecule has 142 valence electrons. The second kappa shape index (κ2) is 9.06. The molecule has 0 unspecified atom stereocenters. The number of halogens is 1. The summed E-state index contributed by atoms with van der Waals surface area (Å²) in [4.78, 5) is 15.4. The van der Waals surface area contributed by atoms with Crippen LogP contribution in [0.15, 0.2) is 71.7 Å². The van der Waals surface area contributed by atoms with Gasteiger partial charge in [0.1, 0.15) is 6.61 Å². The summed E-state index contributed by atoms with van der Waals surface area (Å²) in [7, 11) is 1.57. The number of hydrogen-bond acceptors (Lipinski definition) is 4. The second-order valence-electron chi connectivity index (χ2n) is 5.90. The molecule has 0 saturated carbocycles. The van der Waals surface area contributed by atoms with Gasteiger partial charge in [0.05, 0.1) is 18.4 Å². The van der Waals surface area contributed by atoms with E-state index in [4.69, 9.17) is 26.2 Å². The van der Waals surface area contributed by atoms with Crippen molar-refractivity contribution in [2.75, 3.05) is 7.11 Å². The molecule has 3 aromatic carbocycles. The van der Waals surface area contributed by atoms with Crippen LogP contribution < -0.4 is 9.47 Å². The summed E-state index contributed by atoms with van der Waals surface area (Å²) in [5.74, 6) is 0.185. The number of para-hydroxylation sites is 1. The molecule has 3 aromatic rings. The van der Waals surface area contributed by atoms with Gasteiger partial charge in [-0.25, -0.2) is 4.79 Å². The molecule has 0 amide bonds. The molecule has 0 heterocycles. The van der Waals surface area contributed by atoms with Gasteiger partial charge in [-0.05, 0) is 54.1 Å². The lowest BCUT2D eigenvalue weighted by atomic mass is 10.1. The fourth-order valence-electron chi connectivity index (χ4n) is 2.52. The summed E-state index contributed by atoms with van der Waals surface area (Å²) >= 11 is 5.90. The molecular formula is C22H18ClNO4. The minimum atomic E-state index is -0.960. The van der Waals surface area contributed by atoms with Crippen LogP contribution >= 0.6 is 11.6 Å². The van der Waals surface area contributed by atoms with Crippen LogP contribution in [0.1, 0.15) is 21.5 Å². The van der Waals surface area contributed by atoms with Crippen molar-refractivity contribution < 1.29 is 19.4 Å². The van der Waals surface area contributed by atoms with Crippen LogP contribution in [-0.4, -0.2) is 24.4 Å². The number of benzene rings is 3. The van der Waals surface area contributed by atoms with Crippen molar-refractivity contribution in [3.05, 3.63) is 88.4 Å². The monoisotopic (exact) mass is 395 g/mol. The van der Waals surface area contributed by atoms with Gasteiger partial charge in [0.25, 0.3) is 0 Å². The van der Waals surface area contributed by atoms with E-state index in [1.807, 2.05) is 30.3 Å². The fraction of sp³-hybridized carbons (Fsp3) is 0.0909. The molecule has 0 aliphatic carbocycles. The SMILES string of the molecule is COc1cccc(C=Nc2ccc(Cl)cc2)c1OCc1ccc(C(=O)O)cc1. The highest BCUT2D eigenvalue weighted by molar-refractivity contribution is 6.30. The van der Waals surface area contributed by atoms with Crippen LogP contribution in [0.2, 0.25) is 5.02 Å². The third-order valence-electron chi connectivity index (χ3n) is 3.99. The maximum Gasteiger partial charge on any atom is 0.335 e. The molecule has 0 saturated heterocycles. The predicted molar refractivity (Wildman–Crippen MR) is 109 cm³/mol. The van der Waals surface area contributed by atoms with E-state index in [2.05, 4.69) is 4.99 Å². The average Bonchev–Trinajstić information content (AvgIpc) is 2.72. The maximum absolute atomic E-state index is 11.0. The number of aromatic carboxylic acids is 1. The minimum absolute atomic E-state index is 0.233. The Morgan fingerprint density at radius 1 is 1.07 bits per heavy atom. The van der Waals surface area contributed by atoms with Gasteiger partial charge in [-0.2, -0.15) is 0 Å². The molecule has 0 aromatic heterocycles. The van der Waals surface area contributed by atoms with Crippen molar-refractivity contribution in [3.63, 3.8) is 0 Å². The first-order chi connectivity index (χ1) is 13.6. The second-order valence-corrected chi connectivity index (χ2v) is 6.34. The minimum Gasteiger partial charge on any atom is -0.493 e. The van der Waals surface area contributed by atoms with Crippen molar-refractivity contribution in [1.29, 1.82) is 0 Å². The lowest BCUT2D eigenvalue weighted by Gasteiger charge is -2.13. The van der Waals surface area contributed by atoms with Crippen LogP contribution in [0.25, 0.3) is 0 Å². The third-order valence-corrected chi connectivity index (χ3v) is 4.24. The first-order valence-electron chi connectivity index (χ1n) is 8.48. The van der Waals surface area contributed by atoms with E-state index < -0.39 is 5.97 Å². The largest absolute Gasteiger partial charge is 0.493 e. The Bertz CT molecular complexity index is 982. The van der Waals surface area contributed by atoms with E-state index in [0.29, 0.717) is 16.5 Å². The summed E-state index contributed by atoms with van der Waals surface area (Å²) < 4.78 is 11.4. The molecule has 3 rings (SSSR count). The Morgan fingerprint density at radius 2 is 1.79 bits per heavy atom. The molecule has 0 bridgehead atoms.